The summed E-state index contributed by atoms with van der Waals surface area (Å²) >= 11 is 0. The smallest absolute Gasteiger partial charge is 0.133 e. The largest absolute Gasteiger partial charge is 0.457 e. The summed E-state index contributed by atoms with van der Waals surface area (Å²) in [5.74, 6) is 1.91. The Kier molecular flexibility index (Phi) is 4.31. The lowest BCUT2D eigenvalue weighted by Gasteiger charge is -2.07. The van der Waals surface area contributed by atoms with Crippen molar-refractivity contribution in [2.45, 2.75) is 12.8 Å². The molecular formula is C15H18N2O. The second kappa shape index (κ2) is 6.17. The van der Waals surface area contributed by atoms with Gasteiger partial charge in [-0.25, -0.2) is 0 Å². The summed E-state index contributed by atoms with van der Waals surface area (Å²) in [4.78, 5) is 4.12. The molecule has 0 atom stereocenters. The van der Waals surface area contributed by atoms with E-state index >= 15 is 0 Å². The number of rotatable bonds is 0. The molecule has 0 radical (unpaired) electrons. The number of nitrogens with one attached hydrogen (secondary N) is 1. The van der Waals surface area contributed by atoms with Gasteiger partial charge in [-0.3, -0.25) is 4.98 Å². The molecule has 18 heavy (non-hydrogen) atoms. The molecule has 94 valence electrons. The van der Waals surface area contributed by atoms with E-state index < -0.39 is 0 Å². The van der Waals surface area contributed by atoms with Gasteiger partial charge in [0.1, 0.15) is 11.5 Å². The number of pyridine rings is 1. The predicted molar refractivity (Wildman–Crippen MR) is 73.1 cm³/mol. The standard InChI is InChI=1S/C13H11NO.C2H7N/c1-2-4-12-10(3-1)5-6-11-9-14-8-7-13(11)15-12;1-3-2/h1-4,7-9H,5-6H2;3H,1-2H3. The fraction of sp³-hybridized carbons (Fsp3) is 0.267. The first-order valence-corrected chi connectivity index (χ1v) is 6.12. The maximum atomic E-state index is 5.86. The Bertz CT molecular complexity index is 466. The molecule has 0 aliphatic carbocycles. The van der Waals surface area contributed by atoms with E-state index in [1.807, 2.05) is 38.5 Å². The van der Waals surface area contributed by atoms with Crippen LogP contribution >= 0.6 is 0 Å². The Morgan fingerprint density at radius 2 is 1.67 bits per heavy atom. The molecule has 2 aromatic rings. The van der Waals surface area contributed by atoms with Crippen molar-refractivity contribution < 1.29 is 4.74 Å². The number of benzene rings is 1. The van der Waals surface area contributed by atoms with Crippen LogP contribution in [0, 0.1) is 0 Å². The Morgan fingerprint density at radius 3 is 2.50 bits per heavy atom. The second-order valence-electron chi connectivity index (χ2n) is 4.19. The summed E-state index contributed by atoms with van der Waals surface area (Å²) in [6.07, 6.45) is 5.68. The van der Waals surface area contributed by atoms with E-state index in [0.29, 0.717) is 0 Å². The molecule has 0 fully saturated rings. The quantitative estimate of drug-likeness (QED) is 0.771. The summed E-state index contributed by atoms with van der Waals surface area (Å²) in [6, 6.07) is 10.1. The van der Waals surface area contributed by atoms with Gasteiger partial charge in [-0.05, 0) is 44.6 Å². The number of hydrogen-bond acceptors (Lipinski definition) is 3. The van der Waals surface area contributed by atoms with E-state index in [1.165, 1.54) is 11.1 Å². The second-order valence-corrected chi connectivity index (χ2v) is 4.19. The summed E-state index contributed by atoms with van der Waals surface area (Å²) in [6.45, 7) is 0. The molecule has 1 aliphatic heterocycles. The summed E-state index contributed by atoms with van der Waals surface area (Å²) in [5, 5.41) is 2.75. The zero-order valence-corrected chi connectivity index (χ0v) is 10.8. The number of nitrogens with zero attached hydrogens (tertiary/aromatic N) is 1. The molecule has 3 rings (SSSR count). The average molecular weight is 242 g/mol. The lowest BCUT2D eigenvalue weighted by Crippen LogP contribution is -1.89. The number of para-hydroxylation sites is 1. The highest BCUT2D eigenvalue weighted by Crippen LogP contribution is 2.32. The van der Waals surface area contributed by atoms with Gasteiger partial charge in [-0.2, -0.15) is 0 Å². The van der Waals surface area contributed by atoms with Crippen molar-refractivity contribution in [1.29, 1.82) is 0 Å². The average Bonchev–Trinajstić information content (AvgIpc) is 2.58. The van der Waals surface area contributed by atoms with Crippen LogP contribution in [0.25, 0.3) is 0 Å². The first-order chi connectivity index (χ1) is 8.85. The minimum Gasteiger partial charge on any atom is -0.457 e. The molecule has 0 saturated heterocycles. The molecule has 1 aromatic carbocycles. The van der Waals surface area contributed by atoms with Crippen LogP contribution in [-0.4, -0.2) is 19.1 Å². The maximum absolute atomic E-state index is 5.86. The van der Waals surface area contributed by atoms with E-state index in [-0.39, 0.29) is 0 Å². The van der Waals surface area contributed by atoms with Crippen molar-refractivity contribution in [3.05, 3.63) is 53.9 Å². The van der Waals surface area contributed by atoms with Crippen molar-refractivity contribution in [2.75, 3.05) is 14.1 Å². The minimum absolute atomic E-state index is 0.940. The van der Waals surface area contributed by atoms with Crippen molar-refractivity contribution in [2.24, 2.45) is 0 Å². The van der Waals surface area contributed by atoms with Gasteiger partial charge in [0.15, 0.2) is 0 Å². The molecular weight excluding hydrogens is 224 g/mol. The van der Waals surface area contributed by atoms with Crippen LogP contribution in [0.5, 0.6) is 11.5 Å². The molecule has 3 heteroatoms. The van der Waals surface area contributed by atoms with Crippen molar-refractivity contribution in [3.8, 4) is 11.5 Å². The Labute approximate surface area is 108 Å². The molecule has 0 bridgehead atoms. The van der Waals surface area contributed by atoms with Gasteiger partial charge >= 0.3 is 0 Å². The number of ether oxygens (including phenoxy) is 1. The third-order valence-electron chi connectivity index (χ3n) is 2.72. The summed E-state index contributed by atoms with van der Waals surface area (Å²) in [7, 11) is 3.75. The van der Waals surface area contributed by atoms with Crippen LogP contribution in [-0.2, 0) is 12.8 Å². The molecule has 1 aliphatic rings. The Hall–Kier alpha value is -1.87. The highest BCUT2D eigenvalue weighted by molar-refractivity contribution is 5.43. The van der Waals surface area contributed by atoms with E-state index in [0.717, 1.165) is 24.3 Å². The zero-order chi connectivity index (χ0) is 12.8. The predicted octanol–water partition coefficient (Wildman–Crippen LogP) is 2.81. The maximum Gasteiger partial charge on any atom is 0.133 e. The van der Waals surface area contributed by atoms with Gasteiger partial charge in [-0.15, -0.1) is 0 Å². The van der Waals surface area contributed by atoms with Gasteiger partial charge in [-0.1, -0.05) is 18.2 Å². The molecule has 0 unspecified atom stereocenters. The monoisotopic (exact) mass is 242 g/mol. The normalized spacial score (nSPS) is 12.1. The van der Waals surface area contributed by atoms with Gasteiger partial charge in [0.25, 0.3) is 0 Å². The van der Waals surface area contributed by atoms with E-state index in [4.69, 9.17) is 4.74 Å². The topological polar surface area (TPSA) is 34.2 Å². The molecule has 2 heterocycles. The minimum atomic E-state index is 0.940. The summed E-state index contributed by atoms with van der Waals surface area (Å²) < 4.78 is 5.86. The summed E-state index contributed by atoms with van der Waals surface area (Å²) in [5.41, 5.74) is 2.46. The van der Waals surface area contributed by atoms with Crippen molar-refractivity contribution >= 4 is 0 Å². The number of fused-ring (bicyclic) bond motifs is 2. The lowest BCUT2D eigenvalue weighted by molar-refractivity contribution is 0.478. The first kappa shape index (κ1) is 12.6. The fourth-order valence-electron chi connectivity index (χ4n) is 1.90. The molecule has 1 N–H and O–H groups in total. The van der Waals surface area contributed by atoms with Gasteiger partial charge in [0.05, 0.1) is 0 Å². The zero-order valence-electron chi connectivity index (χ0n) is 10.8. The van der Waals surface area contributed by atoms with E-state index in [1.54, 1.807) is 6.20 Å². The van der Waals surface area contributed by atoms with Gasteiger partial charge in [0, 0.05) is 18.0 Å². The number of hydrogen-bond donors (Lipinski definition) is 1. The van der Waals surface area contributed by atoms with Gasteiger partial charge in [0.2, 0.25) is 0 Å². The third-order valence-corrected chi connectivity index (χ3v) is 2.72. The van der Waals surface area contributed by atoms with Gasteiger partial charge < -0.3 is 10.1 Å². The highest BCUT2D eigenvalue weighted by Gasteiger charge is 2.13. The third kappa shape index (κ3) is 2.87. The highest BCUT2D eigenvalue weighted by atomic mass is 16.5. The number of aromatic nitrogens is 1. The Balaban J connectivity index is 0.000000367. The van der Waals surface area contributed by atoms with Crippen LogP contribution in [0.1, 0.15) is 11.1 Å². The van der Waals surface area contributed by atoms with E-state index in [2.05, 4.69) is 22.4 Å². The van der Waals surface area contributed by atoms with Crippen molar-refractivity contribution in [1.82, 2.24) is 10.3 Å². The lowest BCUT2D eigenvalue weighted by atomic mass is 10.1. The fourth-order valence-corrected chi connectivity index (χ4v) is 1.90. The first-order valence-electron chi connectivity index (χ1n) is 6.12. The molecule has 0 saturated carbocycles. The number of aryl methyl sites for hydroxylation is 2. The molecule has 1 aromatic heterocycles. The van der Waals surface area contributed by atoms with Crippen LogP contribution in [0.3, 0.4) is 0 Å². The SMILES string of the molecule is CNC.c1ccc2c(c1)CCc1cnccc1O2. The van der Waals surface area contributed by atoms with E-state index in [9.17, 15) is 0 Å². The van der Waals surface area contributed by atoms with Crippen LogP contribution in [0.15, 0.2) is 42.7 Å². The molecule has 0 amide bonds. The van der Waals surface area contributed by atoms with Crippen LogP contribution in [0.4, 0.5) is 0 Å². The molecule has 0 spiro atoms. The van der Waals surface area contributed by atoms with Crippen LogP contribution in [0.2, 0.25) is 0 Å². The molecule has 3 nitrogen and oxygen atoms in total. The van der Waals surface area contributed by atoms with Crippen molar-refractivity contribution in [3.63, 3.8) is 0 Å². The Morgan fingerprint density at radius 1 is 1.00 bits per heavy atom. The van der Waals surface area contributed by atoms with Crippen LogP contribution < -0.4 is 10.1 Å².